The second-order valence-electron chi connectivity index (χ2n) is 4.66. The highest BCUT2D eigenvalue weighted by molar-refractivity contribution is 5.77. The zero-order chi connectivity index (χ0) is 11.3. The van der Waals surface area contributed by atoms with Crippen LogP contribution in [0.25, 0.3) is 0 Å². The molecule has 3 nitrogen and oxygen atoms in total. The van der Waals surface area contributed by atoms with Gasteiger partial charge in [0.05, 0.1) is 0 Å². The van der Waals surface area contributed by atoms with Gasteiger partial charge >= 0.3 is 0 Å². The van der Waals surface area contributed by atoms with Crippen molar-refractivity contribution >= 4 is 5.91 Å². The highest BCUT2D eigenvalue weighted by Crippen LogP contribution is 2.19. The van der Waals surface area contributed by atoms with Crippen LogP contribution < -0.4 is 5.32 Å². The molecule has 1 aliphatic rings. The van der Waals surface area contributed by atoms with Crippen LogP contribution in [0.1, 0.15) is 39.5 Å². The molecule has 2 unspecified atom stereocenters. The van der Waals surface area contributed by atoms with E-state index in [-0.39, 0.29) is 0 Å². The van der Waals surface area contributed by atoms with Gasteiger partial charge in [-0.05, 0) is 25.8 Å². The molecule has 2 atom stereocenters. The third-order valence-electron chi connectivity index (χ3n) is 3.36. The van der Waals surface area contributed by atoms with Crippen molar-refractivity contribution < 1.29 is 4.79 Å². The highest BCUT2D eigenvalue weighted by Gasteiger charge is 2.28. The third-order valence-corrected chi connectivity index (χ3v) is 3.36. The topological polar surface area (TPSA) is 32.3 Å². The van der Waals surface area contributed by atoms with Crippen LogP contribution in [-0.2, 0) is 4.79 Å². The minimum atomic E-state index is 0.349. The van der Waals surface area contributed by atoms with Gasteiger partial charge in [0.15, 0.2) is 0 Å². The van der Waals surface area contributed by atoms with Gasteiger partial charge in [-0.1, -0.05) is 20.3 Å². The van der Waals surface area contributed by atoms with Crippen LogP contribution in [0.2, 0.25) is 0 Å². The molecule has 1 saturated heterocycles. The Morgan fingerprint density at radius 1 is 1.60 bits per heavy atom. The van der Waals surface area contributed by atoms with E-state index in [4.69, 9.17) is 0 Å². The summed E-state index contributed by atoms with van der Waals surface area (Å²) in [5, 5.41) is 3.17. The number of likely N-dealkylation sites (tertiary alicyclic amines) is 1. The molecule has 3 heteroatoms. The van der Waals surface area contributed by atoms with E-state index in [0.717, 1.165) is 32.4 Å². The van der Waals surface area contributed by atoms with Crippen LogP contribution in [-0.4, -0.2) is 37.0 Å². The Balaban J connectivity index is 2.43. The average molecular weight is 212 g/mol. The lowest BCUT2D eigenvalue weighted by atomic mass is 10.0. The number of carbonyl (C=O) groups excluding carboxylic acids is 1. The molecule has 1 amide bonds. The van der Waals surface area contributed by atoms with E-state index in [9.17, 15) is 4.79 Å². The van der Waals surface area contributed by atoms with Gasteiger partial charge in [-0.3, -0.25) is 4.79 Å². The van der Waals surface area contributed by atoms with Crippen molar-refractivity contribution in [3.05, 3.63) is 0 Å². The molecule has 15 heavy (non-hydrogen) atoms. The number of amides is 1. The lowest BCUT2D eigenvalue weighted by molar-refractivity contribution is -0.132. The molecular weight excluding hydrogens is 188 g/mol. The molecule has 1 aliphatic heterocycles. The number of likely N-dealkylation sites (N-methyl/N-ethyl adjacent to an activating group) is 1. The standard InChI is InChI=1S/C12H24N2O/c1-4-10(2)8-12(15)14-7-5-6-11(14)9-13-3/h10-11,13H,4-9H2,1-3H3. The number of nitrogens with one attached hydrogen (secondary N) is 1. The number of nitrogens with zero attached hydrogens (tertiary/aromatic N) is 1. The van der Waals surface area contributed by atoms with Crippen molar-refractivity contribution in [2.75, 3.05) is 20.1 Å². The third kappa shape index (κ3) is 3.49. The molecule has 1 N–H and O–H groups in total. The second kappa shape index (κ2) is 6.11. The summed E-state index contributed by atoms with van der Waals surface area (Å²) in [6, 6.07) is 0.437. The van der Waals surface area contributed by atoms with Crippen LogP contribution in [0.4, 0.5) is 0 Å². The van der Waals surface area contributed by atoms with Gasteiger partial charge in [0.25, 0.3) is 0 Å². The quantitative estimate of drug-likeness (QED) is 0.751. The van der Waals surface area contributed by atoms with Gasteiger partial charge in [-0.2, -0.15) is 0 Å². The van der Waals surface area contributed by atoms with Crippen molar-refractivity contribution in [2.24, 2.45) is 5.92 Å². The molecule has 88 valence electrons. The van der Waals surface area contributed by atoms with Crippen molar-refractivity contribution in [3.63, 3.8) is 0 Å². The molecule has 0 aromatic carbocycles. The van der Waals surface area contributed by atoms with E-state index in [2.05, 4.69) is 24.1 Å². The lowest BCUT2D eigenvalue weighted by Gasteiger charge is -2.25. The van der Waals surface area contributed by atoms with E-state index in [1.54, 1.807) is 0 Å². The predicted molar refractivity (Wildman–Crippen MR) is 62.7 cm³/mol. The summed E-state index contributed by atoms with van der Waals surface area (Å²) in [5.74, 6) is 0.871. The first-order valence-corrected chi connectivity index (χ1v) is 6.13. The minimum Gasteiger partial charge on any atom is -0.338 e. The van der Waals surface area contributed by atoms with Crippen molar-refractivity contribution in [2.45, 2.75) is 45.6 Å². The van der Waals surface area contributed by atoms with Crippen molar-refractivity contribution in [1.82, 2.24) is 10.2 Å². The first-order valence-electron chi connectivity index (χ1n) is 6.13. The zero-order valence-corrected chi connectivity index (χ0v) is 10.3. The molecule has 0 aromatic heterocycles. The maximum absolute atomic E-state index is 12.0. The second-order valence-corrected chi connectivity index (χ2v) is 4.66. The fraction of sp³-hybridized carbons (Fsp3) is 0.917. The van der Waals surface area contributed by atoms with Gasteiger partial charge in [0.2, 0.25) is 5.91 Å². The molecule has 1 rings (SSSR count). The SMILES string of the molecule is CCC(C)CC(=O)N1CCCC1CNC. The number of carbonyl (C=O) groups is 1. The maximum atomic E-state index is 12.0. The summed E-state index contributed by atoms with van der Waals surface area (Å²) >= 11 is 0. The summed E-state index contributed by atoms with van der Waals surface area (Å²) in [6.45, 7) is 6.20. The summed E-state index contributed by atoms with van der Waals surface area (Å²) in [5.41, 5.74) is 0. The van der Waals surface area contributed by atoms with Gasteiger partial charge in [0.1, 0.15) is 0 Å². The van der Waals surface area contributed by atoms with E-state index < -0.39 is 0 Å². The fourth-order valence-corrected chi connectivity index (χ4v) is 2.17. The molecule has 0 bridgehead atoms. The van der Waals surface area contributed by atoms with Gasteiger partial charge < -0.3 is 10.2 Å². The molecule has 0 aromatic rings. The highest BCUT2D eigenvalue weighted by atomic mass is 16.2. The first kappa shape index (κ1) is 12.5. The largest absolute Gasteiger partial charge is 0.338 e. The van der Waals surface area contributed by atoms with E-state index in [1.165, 1.54) is 6.42 Å². The van der Waals surface area contributed by atoms with Crippen molar-refractivity contribution in [3.8, 4) is 0 Å². The zero-order valence-electron chi connectivity index (χ0n) is 10.3. The van der Waals surface area contributed by atoms with E-state index >= 15 is 0 Å². The molecular formula is C12H24N2O. The number of hydrogen-bond donors (Lipinski definition) is 1. The van der Waals surface area contributed by atoms with Crippen LogP contribution in [0.5, 0.6) is 0 Å². The normalized spacial score (nSPS) is 23.1. The first-order chi connectivity index (χ1) is 7.19. The van der Waals surface area contributed by atoms with Crippen LogP contribution in [0.15, 0.2) is 0 Å². The minimum absolute atomic E-state index is 0.349. The Labute approximate surface area is 93.2 Å². The Kier molecular flexibility index (Phi) is 5.09. The van der Waals surface area contributed by atoms with Crippen LogP contribution in [0, 0.1) is 5.92 Å². The Hall–Kier alpha value is -0.570. The Morgan fingerprint density at radius 2 is 2.33 bits per heavy atom. The Morgan fingerprint density at radius 3 is 2.93 bits per heavy atom. The molecule has 1 fully saturated rings. The summed E-state index contributed by atoms with van der Waals surface area (Å²) < 4.78 is 0. The van der Waals surface area contributed by atoms with E-state index in [1.807, 2.05) is 7.05 Å². The molecule has 0 saturated carbocycles. The monoisotopic (exact) mass is 212 g/mol. The number of hydrogen-bond acceptors (Lipinski definition) is 2. The summed E-state index contributed by atoms with van der Waals surface area (Å²) in [4.78, 5) is 14.1. The van der Waals surface area contributed by atoms with E-state index in [0.29, 0.717) is 17.9 Å². The summed E-state index contributed by atoms with van der Waals surface area (Å²) in [6.07, 6.45) is 4.14. The Bertz CT molecular complexity index is 206. The smallest absolute Gasteiger partial charge is 0.223 e. The number of rotatable bonds is 5. The van der Waals surface area contributed by atoms with Crippen LogP contribution >= 0.6 is 0 Å². The summed E-state index contributed by atoms with van der Waals surface area (Å²) in [7, 11) is 1.95. The van der Waals surface area contributed by atoms with Crippen LogP contribution in [0.3, 0.4) is 0 Å². The fourth-order valence-electron chi connectivity index (χ4n) is 2.17. The van der Waals surface area contributed by atoms with Gasteiger partial charge in [-0.25, -0.2) is 0 Å². The average Bonchev–Trinajstić information content (AvgIpc) is 2.66. The van der Waals surface area contributed by atoms with Gasteiger partial charge in [-0.15, -0.1) is 0 Å². The van der Waals surface area contributed by atoms with Crippen molar-refractivity contribution in [1.29, 1.82) is 0 Å². The lowest BCUT2D eigenvalue weighted by Crippen LogP contribution is -2.41. The molecule has 0 radical (unpaired) electrons. The maximum Gasteiger partial charge on any atom is 0.223 e. The predicted octanol–water partition coefficient (Wildman–Crippen LogP) is 1.63. The molecule has 0 aliphatic carbocycles. The molecule has 0 spiro atoms. The molecule has 1 heterocycles. The van der Waals surface area contributed by atoms with Gasteiger partial charge in [0, 0.05) is 25.6 Å².